The predicted molar refractivity (Wildman–Crippen MR) is 81.7 cm³/mol. The standard InChI is InChI=1S/C13H15Cl2N5O2/c1-7(12-16-18-19-17-12)6-20(2)13(22)11(21)8-3-9(14)5-10(15)4-8/h3-5,7,11,21H,6H2,1-2H3,(H,16,17,18,19)/t7-,11+/m0/s1. The zero-order valence-electron chi connectivity index (χ0n) is 12.0. The molecule has 7 nitrogen and oxygen atoms in total. The quantitative estimate of drug-likeness (QED) is 0.862. The smallest absolute Gasteiger partial charge is 0.255 e. The number of tetrazole rings is 1. The van der Waals surface area contributed by atoms with E-state index in [1.54, 1.807) is 7.05 Å². The van der Waals surface area contributed by atoms with E-state index in [0.29, 0.717) is 28.0 Å². The molecule has 0 saturated carbocycles. The van der Waals surface area contributed by atoms with Crippen LogP contribution in [0.4, 0.5) is 0 Å². The number of hydrogen-bond acceptors (Lipinski definition) is 5. The van der Waals surface area contributed by atoms with Crippen molar-refractivity contribution in [2.75, 3.05) is 13.6 Å². The van der Waals surface area contributed by atoms with Gasteiger partial charge in [0.1, 0.15) is 0 Å². The van der Waals surface area contributed by atoms with Gasteiger partial charge in [-0.3, -0.25) is 4.79 Å². The third-order valence-electron chi connectivity index (χ3n) is 3.16. The first kappa shape index (κ1) is 16.7. The number of aliphatic hydroxyl groups is 1. The number of aliphatic hydroxyl groups excluding tert-OH is 1. The van der Waals surface area contributed by atoms with Crippen molar-refractivity contribution in [3.63, 3.8) is 0 Å². The Morgan fingerprint density at radius 1 is 1.36 bits per heavy atom. The van der Waals surface area contributed by atoms with Gasteiger partial charge in [0, 0.05) is 29.6 Å². The van der Waals surface area contributed by atoms with E-state index >= 15 is 0 Å². The van der Waals surface area contributed by atoms with Crippen molar-refractivity contribution in [3.05, 3.63) is 39.6 Å². The van der Waals surface area contributed by atoms with Gasteiger partial charge in [-0.05, 0) is 23.8 Å². The number of benzene rings is 1. The van der Waals surface area contributed by atoms with Crippen LogP contribution < -0.4 is 0 Å². The van der Waals surface area contributed by atoms with Crippen LogP contribution in [0.25, 0.3) is 0 Å². The topological polar surface area (TPSA) is 95.0 Å². The fourth-order valence-electron chi connectivity index (χ4n) is 2.05. The number of carbonyl (C=O) groups is 1. The Labute approximate surface area is 137 Å². The van der Waals surface area contributed by atoms with E-state index in [4.69, 9.17) is 23.2 Å². The van der Waals surface area contributed by atoms with Crippen LogP contribution in [0.15, 0.2) is 18.2 Å². The molecule has 0 saturated heterocycles. The average molecular weight is 344 g/mol. The molecule has 22 heavy (non-hydrogen) atoms. The van der Waals surface area contributed by atoms with Gasteiger partial charge in [0.25, 0.3) is 5.91 Å². The molecule has 118 valence electrons. The van der Waals surface area contributed by atoms with E-state index in [1.165, 1.54) is 23.1 Å². The van der Waals surface area contributed by atoms with Gasteiger partial charge in [-0.25, -0.2) is 0 Å². The molecule has 0 aliphatic rings. The summed E-state index contributed by atoms with van der Waals surface area (Å²) in [7, 11) is 1.59. The number of hydrogen-bond donors (Lipinski definition) is 2. The fraction of sp³-hybridized carbons (Fsp3) is 0.385. The van der Waals surface area contributed by atoms with Crippen LogP contribution in [0, 0.1) is 0 Å². The van der Waals surface area contributed by atoms with Crippen LogP contribution in [0.5, 0.6) is 0 Å². The summed E-state index contributed by atoms with van der Waals surface area (Å²) in [6.45, 7) is 2.20. The molecule has 1 aromatic carbocycles. The number of H-pyrrole nitrogens is 1. The van der Waals surface area contributed by atoms with Gasteiger partial charge in [-0.1, -0.05) is 35.3 Å². The monoisotopic (exact) mass is 343 g/mol. The molecule has 0 fully saturated rings. The number of likely N-dealkylation sites (N-methyl/N-ethyl adjacent to an activating group) is 1. The highest BCUT2D eigenvalue weighted by molar-refractivity contribution is 6.34. The molecule has 1 amide bonds. The van der Waals surface area contributed by atoms with Crippen LogP contribution >= 0.6 is 23.2 Å². The number of aromatic nitrogens is 4. The second kappa shape index (κ2) is 7.04. The molecule has 0 aliphatic heterocycles. The summed E-state index contributed by atoms with van der Waals surface area (Å²) in [6.07, 6.45) is -1.33. The maximum absolute atomic E-state index is 12.3. The molecule has 0 spiro atoms. The van der Waals surface area contributed by atoms with Gasteiger partial charge in [-0.15, -0.1) is 10.2 Å². The van der Waals surface area contributed by atoms with E-state index in [-0.39, 0.29) is 5.92 Å². The molecule has 1 aromatic heterocycles. The van der Waals surface area contributed by atoms with Gasteiger partial charge in [0.15, 0.2) is 11.9 Å². The summed E-state index contributed by atoms with van der Waals surface area (Å²) < 4.78 is 0. The zero-order valence-corrected chi connectivity index (χ0v) is 13.5. The highest BCUT2D eigenvalue weighted by atomic mass is 35.5. The van der Waals surface area contributed by atoms with E-state index in [2.05, 4.69) is 20.6 Å². The maximum atomic E-state index is 12.3. The predicted octanol–water partition coefficient (Wildman–Crippen LogP) is 1.80. The molecule has 0 unspecified atom stereocenters. The third kappa shape index (κ3) is 3.94. The lowest BCUT2D eigenvalue weighted by molar-refractivity contribution is -0.139. The van der Waals surface area contributed by atoms with Crippen LogP contribution in [-0.4, -0.2) is 50.1 Å². The largest absolute Gasteiger partial charge is 0.378 e. The van der Waals surface area contributed by atoms with Gasteiger partial charge in [-0.2, -0.15) is 5.21 Å². The Hall–Kier alpha value is -1.70. The van der Waals surface area contributed by atoms with Crippen molar-refractivity contribution in [1.29, 1.82) is 0 Å². The van der Waals surface area contributed by atoms with Gasteiger partial charge >= 0.3 is 0 Å². The molecule has 2 N–H and O–H groups in total. The van der Waals surface area contributed by atoms with Gasteiger partial charge in [0.05, 0.1) is 0 Å². The number of halogens is 2. The number of nitrogens with one attached hydrogen (secondary N) is 1. The van der Waals surface area contributed by atoms with Crippen molar-refractivity contribution in [3.8, 4) is 0 Å². The SMILES string of the molecule is C[C@@H](CN(C)C(=O)[C@H](O)c1cc(Cl)cc(Cl)c1)c1nn[nH]n1. The van der Waals surface area contributed by atoms with Crippen LogP contribution in [-0.2, 0) is 4.79 Å². The Kier molecular flexibility index (Phi) is 5.33. The first-order chi connectivity index (χ1) is 10.4. The summed E-state index contributed by atoms with van der Waals surface area (Å²) in [5.74, 6) is -0.0866. The van der Waals surface area contributed by atoms with Crippen LogP contribution in [0.2, 0.25) is 10.0 Å². The molecule has 0 radical (unpaired) electrons. The Morgan fingerprint density at radius 3 is 2.55 bits per heavy atom. The van der Waals surface area contributed by atoms with Gasteiger partial charge in [0.2, 0.25) is 0 Å². The highest BCUT2D eigenvalue weighted by Crippen LogP contribution is 2.25. The van der Waals surface area contributed by atoms with Crippen LogP contribution in [0.1, 0.15) is 30.3 Å². The second-order valence-electron chi connectivity index (χ2n) is 5.00. The van der Waals surface area contributed by atoms with Crippen molar-refractivity contribution in [1.82, 2.24) is 25.5 Å². The lowest BCUT2D eigenvalue weighted by atomic mass is 10.1. The number of amides is 1. The first-order valence-corrected chi connectivity index (χ1v) is 7.26. The van der Waals surface area contributed by atoms with Crippen LogP contribution in [0.3, 0.4) is 0 Å². The molecule has 2 rings (SSSR count). The number of nitrogens with zero attached hydrogens (tertiary/aromatic N) is 4. The zero-order chi connectivity index (χ0) is 16.3. The number of aromatic amines is 1. The van der Waals surface area contributed by atoms with Crippen molar-refractivity contribution < 1.29 is 9.90 Å². The normalized spacial score (nSPS) is 13.7. The van der Waals surface area contributed by atoms with E-state index < -0.39 is 12.0 Å². The first-order valence-electron chi connectivity index (χ1n) is 6.51. The van der Waals surface area contributed by atoms with E-state index in [1.807, 2.05) is 6.92 Å². The lowest BCUT2D eigenvalue weighted by Crippen LogP contribution is -2.34. The highest BCUT2D eigenvalue weighted by Gasteiger charge is 2.24. The molecule has 0 aliphatic carbocycles. The van der Waals surface area contributed by atoms with E-state index in [0.717, 1.165) is 0 Å². The summed E-state index contributed by atoms with van der Waals surface area (Å²) in [5, 5.41) is 24.5. The van der Waals surface area contributed by atoms with Crippen molar-refractivity contribution >= 4 is 29.1 Å². The Bertz CT molecular complexity index is 630. The maximum Gasteiger partial charge on any atom is 0.255 e. The molecule has 0 bridgehead atoms. The number of carbonyl (C=O) groups excluding carboxylic acids is 1. The molecular weight excluding hydrogens is 329 g/mol. The lowest BCUT2D eigenvalue weighted by Gasteiger charge is -2.23. The summed E-state index contributed by atoms with van der Waals surface area (Å²) >= 11 is 11.8. The van der Waals surface area contributed by atoms with Crippen molar-refractivity contribution in [2.45, 2.75) is 18.9 Å². The fourth-order valence-corrected chi connectivity index (χ4v) is 2.59. The molecule has 9 heteroatoms. The van der Waals surface area contributed by atoms with Gasteiger partial charge < -0.3 is 10.0 Å². The Balaban J connectivity index is 2.06. The minimum Gasteiger partial charge on any atom is -0.378 e. The summed E-state index contributed by atoms with van der Waals surface area (Å²) in [5.41, 5.74) is 0.349. The third-order valence-corrected chi connectivity index (χ3v) is 3.60. The second-order valence-corrected chi connectivity index (χ2v) is 5.87. The molecule has 2 aromatic rings. The van der Waals surface area contributed by atoms with E-state index in [9.17, 15) is 9.90 Å². The average Bonchev–Trinajstić information content (AvgIpc) is 2.98. The minimum absolute atomic E-state index is 0.122. The minimum atomic E-state index is -1.33. The summed E-state index contributed by atoms with van der Waals surface area (Å²) in [4.78, 5) is 13.7. The molecule has 2 atom stereocenters. The molecular formula is C13H15Cl2N5O2. The van der Waals surface area contributed by atoms with Crippen molar-refractivity contribution in [2.24, 2.45) is 0 Å². The Morgan fingerprint density at radius 2 is 2.00 bits per heavy atom. The summed E-state index contributed by atoms with van der Waals surface area (Å²) in [6, 6.07) is 4.55. The molecule has 1 heterocycles. The number of rotatable bonds is 5.